The summed E-state index contributed by atoms with van der Waals surface area (Å²) in [5, 5.41) is 18.9. The van der Waals surface area contributed by atoms with Crippen LogP contribution in [-0.2, 0) is 0 Å². The number of fused-ring (bicyclic) bond motifs is 1. The number of hydrogen-bond acceptors (Lipinski definition) is 5. The minimum absolute atomic E-state index is 0.116. The van der Waals surface area contributed by atoms with Crippen molar-refractivity contribution in [1.82, 2.24) is 19.7 Å². The fourth-order valence-electron chi connectivity index (χ4n) is 3.78. The lowest BCUT2D eigenvalue weighted by Gasteiger charge is -2.19. The maximum absolute atomic E-state index is 11.1. The Morgan fingerprint density at radius 3 is 2.81 bits per heavy atom. The molecule has 140 valence electrons. The largest absolute Gasteiger partial charge is 0.388 e. The maximum Gasteiger partial charge on any atom is 0.317 e. The highest BCUT2D eigenvalue weighted by atomic mass is 35.5. The van der Waals surface area contributed by atoms with Crippen LogP contribution in [0, 0.1) is 5.92 Å². The third-order valence-corrected chi connectivity index (χ3v) is 5.33. The number of aromatic nitrogens is 4. The summed E-state index contributed by atoms with van der Waals surface area (Å²) < 4.78 is 1.85. The number of aliphatic hydroxyl groups excluding tert-OH is 1. The predicted octanol–water partition coefficient (Wildman–Crippen LogP) is 3.05. The molecule has 1 fully saturated rings. The molecule has 1 aliphatic carbocycles. The molecule has 9 heteroatoms. The normalized spacial score (nSPS) is 20.7. The first kappa shape index (κ1) is 17.7. The number of benzene rings is 1. The van der Waals surface area contributed by atoms with E-state index in [4.69, 9.17) is 17.3 Å². The van der Waals surface area contributed by atoms with Crippen molar-refractivity contribution in [2.24, 2.45) is 11.7 Å². The molecule has 4 rings (SSSR count). The van der Waals surface area contributed by atoms with Crippen LogP contribution in [-0.4, -0.2) is 30.9 Å². The van der Waals surface area contributed by atoms with Crippen LogP contribution in [0.3, 0.4) is 0 Å². The highest BCUT2D eigenvalue weighted by Gasteiger charge is 2.33. The van der Waals surface area contributed by atoms with Gasteiger partial charge in [0.2, 0.25) is 0 Å². The molecule has 3 unspecified atom stereocenters. The number of halogens is 1. The number of anilines is 1. The van der Waals surface area contributed by atoms with Crippen molar-refractivity contribution >= 4 is 34.5 Å². The van der Waals surface area contributed by atoms with E-state index in [9.17, 15) is 9.90 Å². The van der Waals surface area contributed by atoms with Crippen molar-refractivity contribution in [3.05, 3.63) is 47.4 Å². The van der Waals surface area contributed by atoms with Gasteiger partial charge in [-0.15, -0.1) is 0 Å². The molecule has 27 heavy (non-hydrogen) atoms. The van der Waals surface area contributed by atoms with Crippen molar-refractivity contribution in [3.63, 3.8) is 0 Å². The molecular formula is C18H19ClN6O2. The minimum atomic E-state index is -0.685. The number of amides is 2. The molecule has 3 atom stereocenters. The van der Waals surface area contributed by atoms with Gasteiger partial charge in [-0.3, -0.25) is 5.32 Å². The molecule has 0 saturated heterocycles. The van der Waals surface area contributed by atoms with E-state index < -0.39 is 12.1 Å². The third-order valence-electron chi connectivity index (χ3n) is 5.08. The number of nitrogens with one attached hydrogen (secondary N) is 1. The van der Waals surface area contributed by atoms with Gasteiger partial charge in [-0.25, -0.2) is 19.4 Å². The standard InChI is InChI=1S/C18H19ClN6O2/c19-12-4-1-10(2-5-12)15(26)11-3-6-13(7-11)25-17-14(8-23-25)16(21-9-22-17)24-18(20)27/h1-2,4-5,8-9,11,13,15,26H,3,6-7H2,(H3,20,21,22,24,27). The highest BCUT2D eigenvalue weighted by molar-refractivity contribution is 6.30. The van der Waals surface area contributed by atoms with Crippen LogP contribution in [0.4, 0.5) is 10.6 Å². The molecular weight excluding hydrogens is 368 g/mol. The van der Waals surface area contributed by atoms with Gasteiger partial charge in [0.15, 0.2) is 5.65 Å². The van der Waals surface area contributed by atoms with E-state index in [0.717, 1.165) is 24.8 Å². The Kier molecular flexibility index (Phi) is 4.67. The summed E-state index contributed by atoms with van der Waals surface area (Å²) in [7, 11) is 0. The van der Waals surface area contributed by atoms with E-state index in [-0.39, 0.29) is 12.0 Å². The van der Waals surface area contributed by atoms with Crippen LogP contribution < -0.4 is 11.1 Å². The van der Waals surface area contributed by atoms with E-state index >= 15 is 0 Å². The van der Waals surface area contributed by atoms with E-state index in [1.807, 2.05) is 16.8 Å². The van der Waals surface area contributed by atoms with Crippen molar-refractivity contribution in [3.8, 4) is 0 Å². The minimum Gasteiger partial charge on any atom is -0.388 e. The zero-order chi connectivity index (χ0) is 19.0. The summed E-state index contributed by atoms with van der Waals surface area (Å²) in [6.07, 6.45) is 5.01. The SMILES string of the molecule is NC(=O)Nc1ncnc2c1cnn2C1CCC(C(O)c2ccc(Cl)cc2)C1. The maximum atomic E-state index is 11.1. The molecule has 1 aromatic carbocycles. The Labute approximate surface area is 160 Å². The van der Waals surface area contributed by atoms with Gasteiger partial charge >= 0.3 is 6.03 Å². The van der Waals surface area contributed by atoms with Crippen LogP contribution >= 0.6 is 11.6 Å². The summed E-state index contributed by atoms with van der Waals surface area (Å²) in [6.45, 7) is 0. The number of primary amides is 1. The first-order chi connectivity index (χ1) is 13.0. The van der Waals surface area contributed by atoms with E-state index in [1.54, 1.807) is 18.3 Å². The van der Waals surface area contributed by atoms with Crippen LogP contribution in [0.1, 0.15) is 37.0 Å². The molecule has 2 amide bonds. The van der Waals surface area contributed by atoms with Gasteiger partial charge < -0.3 is 10.8 Å². The lowest BCUT2D eigenvalue weighted by Crippen LogP contribution is -2.20. The van der Waals surface area contributed by atoms with Gasteiger partial charge in [0.1, 0.15) is 12.1 Å². The molecule has 0 bridgehead atoms. The van der Waals surface area contributed by atoms with Crippen LogP contribution in [0.5, 0.6) is 0 Å². The first-order valence-electron chi connectivity index (χ1n) is 8.71. The fraction of sp³-hybridized carbons (Fsp3) is 0.333. The molecule has 3 aromatic rings. The second-order valence-electron chi connectivity index (χ2n) is 6.76. The number of nitrogens with zero attached hydrogens (tertiary/aromatic N) is 4. The molecule has 2 heterocycles. The Balaban J connectivity index is 1.55. The second kappa shape index (κ2) is 7.13. The van der Waals surface area contributed by atoms with Gasteiger partial charge in [-0.05, 0) is 42.9 Å². The average Bonchev–Trinajstić information content (AvgIpc) is 3.28. The fourth-order valence-corrected chi connectivity index (χ4v) is 3.90. The van der Waals surface area contributed by atoms with Crippen LogP contribution in [0.15, 0.2) is 36.8 Å². The first-order valence-corrected chi connectivity index (χ1v) is 9.09. The molecule has 8 nitrogen and oxygen atoms in total. The van der Waals surface area contributed by atoms with Gasteiger partial charge in [-0.1, -0.05) is 23.7 Å². The lowest BCUT2D eigenvalue weighted by molar-refractivity contribution is 0.109. The van der Waals surface area contributed by atoms with Crippen molar-refractivity contribution in [2.45, 2.75) is 31.4 Å². The number of urea groups is 1. The number of aliphatic hydroxyl groups is 1. The van der Waals surface area contributed by atoms with E-state index in [0.29, 0.717) is 21.9 Å². The quantitative estimate of drug-likeness (QED) is 0.636. The van der Waals surface area contributed by atoms with Crippen molar-refractivity contribution in [1.29, 1.82) is 0 Å². The predicted molar refractivity (Wildman–Crippen MR) is 101 cm³/mol. The lowest BCUT2D eigenvalue weighted by atomic mass is 9.94. The molecule has 4 N–H and O–H groups in total. The van der Waals surface area contributed by atoms with Gasteiger partial charge in [0.05, 0.1) is 23.7 Å². The van der Waals surface area contributed by atoms with Crippen molar-refractivity contribution in [2.75, 3.05) is 5.32 Å². The van der Waals surface area contributed by atoms with Crippen LogP contribution in [0.2, 0.25) is 5.02 Å². The zero-order valence-electron chi connectivity index (χ0n) is 14.4. The van der Waals surface area contributed by atoms with Crippen molar-refractivity contribution < 1.29 is 9.90 Å². The Morgan fingerprint density at radius 1 is 1.30 bits per heavy atom. The second-order valence-corrected chi connectivity index (χ2v) is 7.20. The van der Waals surface area contributed by atoms with E-state index in [2.05, 4.69) is 20.4 Å². The van der Waals surface area contributed by atoms with Gasteiger partial charge in [0, 0.05) is 5.02 Å². The Bertz CT molecular complexity index is 974. The van der Waals surface area contributed by atoms with Gasteiger partial charge in [-0.2, -0.15) is 5.10 Å². The third kappa shape index (κ3) is 3.45. The smallest absolute Gasteiger partial charge is 0.317 e. The number of carbonyl (C=O) groups is 1. The molecule has 1 aliphatic rings. The highest BCUT2D eigenvalue weighted by Crippen LogP contribution is 2.42. The zero-order valence-corrected chi connectivity index (χ0v) is 15.2. The summed E-state index contributed by atoms with van der Waals surface area (Å²) >= 11 is 5.93. The van der Waals surface area contributed by atoms with E-state index in [1.165, 1.54) is 6.33 Å². The summed E-state index contributed by atoms with van der Waals surface area (Å²) in [5.74, 6) is 0.468. The monoisotopic (exact) mass is 386 g/mol. The number of hydrogen-bond donors (Lipinski definition) is 3. The average molecular weight is 387 g/mol. The molecule has 1 saturated carbocycles. The molecule has 0 spiro atoms. The Hall–Kier alpha value is -2.71. The Morgan fingerprint density at radius 2 is 2.07 bits per heavy atom. The summed E-state index contributed by atoms with van der Waals surface area (Å²) in [4.78, 5) is 19.5. The van der Waals surface area contributed by atoms with Crippen LogP contribution in [0.25, 0.3) is 11.0 Å². The number of rotatable bonds is 4. The molecule has 0 radical (unpaired) electrons. The number of carbonyl (C=O) groups excluding carboxylic acids is 1. The molecule has 0 aliphatic heterocycles. The molecule has 2 aromatic heterocycles. The summed E-state index contributed by atoms with van der Waals surface area (Å²) in [6, 6.07) is 6.73. The topological polar surface area (TPSA) is 119 Å². The number of nitrogens with two attached hydrogens (primary N) is 1. The van der Waals surface area contributed by atoms with Gasteiger partial charge in [0.25, 0.3) is 0 Å². The summed E-state index contributed by atoms with van der Waals surface area (Å²) in [5.41, 5.74) is 6.69.